The van der Waals surface area contributed by atoms with Crippen molar-refractivity contribution in [3.63, 3.8) is 0 Å². The van der Waals surface area contributed by atoms with Crippen molar-refractivity contribution in [2.24, 2.45) is 0 Å². The Hall–Kier alpha value is -2.27. The Kier molecular flexibility index (Phi) is 3.38. The number of nitrogens with one attached hydrogen (secondary N) is 1. The van der Waals surface area contributed by atoms with E-state index in [1.54, 1.807) is 0 Å². The van der Waals surface area contributed by atoms with Crippen LogP contribution in [0.2, 0.25) is 0 Å². The fourth-order valence-corrected chi connectivity index (χ4v) is 3.54. The molecule has 1 aliphatic heterocycles. The lowest BCUT2D eigenvalue weighted by Gasteiger charge is -2.29. The highest BCUT2D eigenvalue weighted by Crippen LogP contribution is 2.31. The van der Waals surface area contributed by atoms with Gasteiger partial charge in [0.2, 0.25) is 0 Å². The van der Waals surface area contributed by atoms with Crippen LogP contribution in [-0.4, -0.2) is 21.4 Å². The molecule has 2 aromatic carbocycles. The number of hydrogen-bond acceptors (Lipinski definition) is 1. The molecule has 116 valence electrons. The Labute approximate surface area is 137 Å². The zero-order valence-electron chi connectivity index (χ0n) is 12.3. The lowest BCUT2D eigenvalue weighted by molar-refractivity contribution is 0.414. The second-order valence-electron chi connectivity index (χ2n) is 5.75. The van der Waals surface area contributed by atoms with Crippen molar-refractivity contribution >= 4 is 28.1 Å². The number of H-pyrrole nitrogens is 1. The Bertz CT molecular complexity index is 902. The number of hydrogen-bond donors (Lipinski definition) is 1. The molecule has 3 aromatic rings. The van der Waals surface area contributed by atoms with Gasteiger partial charge < -0.3 is 9.88 Å². The highest BCUT2D eigenvalue weighted by Gasteiger charge is 2.26. The predicted octanol–water partition coefficient (Wildman–Crippen LogP) is 4.18. The molecule has 2 nitrogen and oxygen atoms in total. The summed E-state index contributed by atoms with van der Waals surface area (Å²) < 4.78 is 27.5. The minimum atomic E-state index is -0.583. The van der Waals surface area contributed by atoms with Gasteiger partial charge in [0.1, 0.15) is 16.6 Å². The summed E-state index contributed by atoms with van der Waals surface area (Å²) >= 11 is 5.58. The monoisotopic (exact) mass is 328 g/mol. The Morgan fingerprint density at radius 2 is 1.91 bits per heavy atom. The molecule has 23 heavy (non-hydrogen) atoms. The van der Waals surface area contributed by atoms with Crippen LogP contribution in [0.1, 0.15) is 16.8 Å². The summed E-state index contributed by atoms with van der Waals surface area (Å²) in [5.74, 6) is -1.11. The van der Waals surface area contributed by atoms with Gasteiger partial charge in [0.15, 0.2) is 0 Å². The van der Waals surface area contributed by atoms with Crippen molar-refractivity contribution < 1.29 is 8.78 Å². The number of halogens is 2. The summed E-state index contributed by atoms with van der Waals surface area (Å²) in [6.45, 7) is 1.44. The first-order chi connectivity index (χ1) is 11.1. The number of fused-ring (bicyclic) bond motifs is 3. The van der Waals surface area contributed by atoms with Gasteiger partial charge in [-0.15, -0.1) is 0 Å². The number of nitrogens with zero attached hydrogens (tertiary/aromatic N) is 1. The zero-order valence-corrected chi connectivity index (χ0v) is 13.1. The second-order valence-corrected chi connectivity index (χ2v) is 6.14. The maximum absolute atomic E-state index is 14.1. The van der Waals surface area contributed by atoms with Crippen LogP contribution < -0.4 is 0 Å². The van der Waals surface area contributed by atoms with E-state index in [1.807, 2.05) is 18.2 Å². The Morgan fingerprint density at radius 3 is 2.70 bits per heavy atom. The van der Waals surface area contributed by atoms with Gasteiger partial charge in [0, 0.05) is 24.5 Å². The molecule has 0 saturated carbocycles. The van der Waals surface area contributed by atoms with E-state index in [2.05, 4.69) is 22.0 Å². The molecule has 0 unspecified atom stereocenters. The van der Waals surface area contributed by atoms with Crippen LogP contribution >= 0.6 is 12.2 Å². The summed E-state index contributed by atoms with van der Waals surface area (Å²) in [6.07, 6.45) is 0.685. The highest BCUT2D eigenvalue weighted by atomic mass is 32.1. The molecule has 1 aromatic heterocycles. The Balaban J connectivity index is 1.73. The summed E-state index contributed by atoms with van der Waals surface area (Å²) in [4.78, 5) is 5.85. The summed E-state index contributed by atoms with van der Waals surface area (Å²) in [6, 6.07) is 12.3. The molecule has 0 fully saturated rings. The molecule has 0 aliphatic carbocycles. The maximum atomic E-state index is 14.1. The summed E-state index contributed by atoms with van der Waals surface area (Å²) in [7, 11) is 0. The van der Waals surface area contributed by atoms with Crippen LogP contribution in [0.4, 0.5) is 8.78 Å². The van der Waals surface area contributed by atoms with Crippen molar-refractivity contribution in [2.75, 3.05) is 6.54 Å². The lowest BCUT2D eigenvalue weighted by Crippen LogP contribution is -2.36. The fraction of sp³-hybridized carbons (Fsp3) is 0.167. The van der Waals surface area contributed by atoms with Gasteiger partial charge in [-0.2, -0.15) is 0 Å². The molecule has 5 heteroatoms. The lowest BCUT2D eigenvalue weighted by atomic mass is 10.0. The average Bonchev–Trinajstić information content (AvgIpc) is 2.90. The van der Waals surface area contributed by atoms with Crippen molar-refractivity contribution in [3.05, 3.63) is 70.9 Å². The summed E-state index contributed by atoms with van der Waals surface area (Å²) in [5.41, 5.74) is 3.23. The van der Waals surface area contributed by atoms with E-state index < -0.39 is 11.6 Å². The molecule has 0 amide bonds. The molecular weight excluding hydrogens is 314 g/mol. The molecular formula is C18H14F2N2S. The fourth-order valence-electron chi connectivity index (χ4n) is 3.21. The second kappa shape index (κ2) is 5.42. The molecule has 1 aliphatic rings. The van der Waals surface area contributed by atoms with E-state index in [4.69, 9.17) is 12.2 Å². The molecule has 1 N–H and O–H groups in total. The van der Waals surface area contributed by atoms with Crippen molar-refractivity contribution in [1.82, 2.24) is 9.88 Å². The first-order valence-corrected chi connectivity index (χ1v) is 7.87. The number of thiocarbonyl (C=S) groups is 1. The quantitative estimate of drug-likeness (QED) is 0.712. The normalized spacial score (nSPS) is 14.3. The maximum Gasteiger partial charge on any atom is 0.135 e. The first kappa shape index (κ1) is 14.3. The predicted molar refractivity (Wildman–Crippen MR) is 90.5 cm³/mol. The van der Waals surface area contributed by atoms with Crippen LogP contribution in [0.15, 0.2) is 42.5 Å². The van der Waals surface area contributed by atoms with Gasteiger partial charge in [0.05, 0.1) is 11.2 Å². The smallest absolute Gasteiger partial charge is 0.135 e. The number of aromatic nitrogens is 1. The summed E-state index contributed by atoms with van der Waals surface area (Å²) in [5, 5.41) is 0.461. The molecule has 2 heterocycles. The van der Waals surface area contributed by atoms with Crippen LogP contribution in [0.3, 0.4) is 0 Å². The van der Waals surface area contributed by atoms with E-state index in [0.29, 0.717) is 28.9 Å². The van der Waals surface area contributed by atoms with Gasteiger partial charge in [0.25, 0.3) is 0 Å². The van der Waals surface area contributed by atoms with E-state index in [0.717, 1.165) is 23.9 Å². The number of aromatic amines is 1. The third kappa shape index (κ3) is 2.41. The molecule has 4 rings (SSSR count). The molecule has 0 radical (unpaired) electrons. The van der Waals surface area contributed by atoms with Gasteiger partial charge in [-0.1, -0.05) is 42.5 Å². The van der Waals surface area contributed by atoms with E-state index >= 15 is 0 Å². The third-order valence-corrected chi connectivity index (χ3v) is 4.73. The van der Waals surface area contributed by atoms with Crippen molar-refractivity contribution in [1.29, 1.82) is 0 Å². The topological polar surface area (TPSA) is 19.0 Å². The van der Waals surface area contributed by atoms with Gasteiger partial charge in [-0.05, 0) is 23.6 Å². The van der Waals surface area contributed by atoms with Crippen LogP contribution in [0.25, 0.3) is 10.9 Å². The SMILES string of the molecule is Fc1cc(F)c2c3c([nH]c2c1)C(=S)N(Cc1ccccc1)CC3. The first-order valence-electron chi connectivity index (χ1n) is 7.46. The molecule has 0 spiro atoms. The van der Waals surface area contributed by atoms with Crippen LogP contribution in [-0.2, 0) is 13.0 Å². The van der Waals surface area contributed by atoms with Gasteiger partial charge >= 0.3 is 0 Å². The minimum Gasteiger partial charge on any atom is -0.356 e. The van der Waals surface area contributed by atoms with Crippen molar-refractivity contribution in [3.8, 4) is 0 Å². The van der Waals surface area contributed by atoms with E-state index in [-0.39, 0.29) is 0 Å². The standard InChI is InChI=1S/C18H14F2N2S/c19-12-8-14(20)16-13-6-7-22(10-11-4-2-1-3-5-11)18(23)17(13)21-15(16)9-12/h1-5,8-9,21H,6-7,10H2. The van der Waals surface area contributed by atoms with Crippen molar-refractivity contribution in [2.45, 2.75) is 13.0 Å². The number of benzene rings is 2. The highest BCUT2D eigenvalue weighted by molar-refractivity contribution is 7.80. The van der Waals surface area contributed by atoms with Gasteiger partial charge in [-0.25, -0.2) is 8.78 Å². The molecule has 0 bridgehead atoms. The molecule has 0 saturated heterocycles. The van der Waals surface area contributed by atoms with Gasteiger partial charge in [-0.3, -0.25) is 0 Å². The zero-order chi connectivity index (χ0) is 16.0. The van der Waals surface area contributed by atoms with E-state index in [9.17, 15) is 8.78 Å². The Morgan fingerprint density at radius 1 is 1.13 bits per heavy atom. The van der Waals surface area contributed by atoms with Crippen LogP contribution in [0, 0.1) is 11.6 Å². The largest absolute Gasteiger partial charge is 0.356 e. The third-order valence-electron chi connectivity index (χ3n) is 4.27. The van der Waals surface area contributed by atoms with E-state index in [1.165, 1.54) is 11.6 Å². The molecule has 0 atom stereocenters. The average molecular weight is 328 g/mol. The van der Waals surface area contributed by atoms with Crippen LogP contribution in [0.5, 0.6) is 0 Å². The number of rotatable bonds is 2. The minimum absolute atomic E-state index is 0.461.